The number of benzene rings is 3. The second-order valence-electron chi connectivity index (χ2n) is 6.69. The van der Waals surface area contributed by atoms with E-state index in [4.69, 9.17) is 4.74 Å². The first-order valence-electron chi connectivity index (χ1n) is 8.93. The lowest BCUT2D eigenvalue weighted by atomic mass is 10.1. The van der Waals surface area contributed by atoms with E-state index in [1.807, 2.05) is 19.9 Å². The SMILES string of the molecule is COc1ccc(C(=O)Nc2ccc(S(=O)(=O)Nc3cc(C)cc(C)c3)cc2)cc1. The number of ether oxygens (including phenoxy) is 1. The molecule has 3 rings (SSSR count). The maximum atomic E-state index is 12.6. The minimum absolute atomic E-state index is 0.110. The summed E-state index contributed by atoms with van der Waals surface area (Å²) in [5, 5.41) is 2.74. The third kappa shape index (κ3) is 5.14. The Morgan fingerprint density at radius 3 is 1.97 bits per heavy atom. The highest BCUT2D eigenvalue weighted by Crippen LogP contribution is 2.21. The van der Waals surface area contributed by atoms with Gasteiger partial charge in [0.25, 0.3) is 15.9 Å². The quantitative estimate of drug-likeness (QED) is 0.632. The van der Waals surface area contributed by atoms with Crippen molar-refractivity contribution in [1.29, 1.82) is 0 Å². The number of methoxy groups -OCH3 is 1. The van der Waals surface area contributed by atoms with Crippen LogP contribution in [0.1, 0.15) is 21.5 Å². The van der Waals surface area contributed by atoms with Crippen molar-refractivity contribution in [2.75, 3.05) is 17.1 Å². The molecular formula is C22H22N2O4S. The first kappa shape index (κ1) is 20.4. The van der Waals surface area contributed by atoms with E-state index in [0.717, 1.165) is 11.1 Å². The highest BCUT2D eigenvalue weighted by molar-refractivity contribution is 7.92. The van der Waals surface area contributed by atoms with Crippen molar-refractivity contribution in [2.24, 2.45) is 0 Å². The summed E-state index contributed by atoms with van der Waals surface area (Å²) in [7, 11) is -2.17. The number of amides is 1. The molecule has 3 aromatic rings. The van der Waals surface area contributed by atoms with Crippen LogP contribution in [-0.2, 0) is 10.0 Å². The van der Waals surface area contributed by atoms with Gasteiger partial charge in [0.2, 0.25) is 0 Å². The minimum Gasteiger partial charge on any atom is -0.497 e. The molecule has 0 aliphatic heterocycles. The molecule has 0 aliphatic rings. The van der Waals surface area contributed by atoms with Crippen LogP contribution in [0.15, 0.2) is 71.6 Å². The van der Waals surface area contributed by atoms with Gasteiger partial charge < -0.3 is 10.1 Å². The molecule has 0 saturated heterocycles. The Hall–Kier alpha value is -3.32. The van der Waals surface area contributed by atoms with Gasteiger partial charge in [-0.15, -0.1) is 0 Å². The van der Waals surface area contributed by atoms with E-state index in [-0.39, 0.29) is 10.8 Å². The zero-order valence-electron chi connectivity index (χ0n) is 16.4. The summed E-state index contributed by atoms with van der Waals surface area (Å²) in [5.41, 5.74) is 3.42. The van der Waals surface area contributed by atoms with Crippen molar-refractivity contribution in [3.05, 3.63) is 83.4 Å². The maximum absolute atomic E-state index is 12.6. The highest BCUT2D eigenvalue weighted by atomic mass is 32.2. The molecule has 3 aromatic carbocycles. The van der Waals surface area contributed by atoms with Crippen LogP contribution in [0.25, 0.3) is 0 Å². The Morgan fingerprint density at radius 1 is 0.828 bits per heavy atom. The van der Waals surface area contributed by atoms with Crippen LogP contribution in [0.2, 0.25) is 0 Å². The standard InChI is InChI=1S/C22H22N2O4S/c1-15-12-16(2)14-19(13-15)24-29(26,27)21-10-6-18(7-11-21)23-22(25)17-4-8-20(28-3)9-5-17/h4-14,24H,1-3H3,(H,23,25). The molecule has 2 N–H and O–H groups in total. The van der Waals surface area contributed by atoms with E-state index in [2.05, 4.69) is 10.0 Å². The number of carbonyl (C=O) groups excluding carboxylic acids is 1. The molecule has 0 unspecified atom stereocenters. The number of nitrogens with one attached hydrogen (secondary N) is 2. The highest BCUT2D eigenvalue weighted by Gasteiger charge is 2.15. The zero-order chi connectivity index (χ0) is 21.0. The predicted octanol–water partition coefficient (Wildman–Crippen LogP) is 4.37. The second-order valence-corrected chi connectivity index (χ2v) is 8.37. The molecule has 6 nitrogen and oxygen atoms in total. The number of hydrogen-bond acceptors (Lipinski definition) is 4. The summed E-state index contributed by atoms with van der Waals surface area (Å²) in [6, 6.07) is 18.2. The van der Waals surface area contributed by atoms with Crippen LogP contribution in [0.4, 0.5) is 11.4 Å². The van der Waals surface area contributed by atoms with Crippen molar-refractivity contribution in [1.82, 2.24) is 0 Å². The number of sulfonamides is 1. The minimum atomic E-state index is -3.73. The average molecular weight is 410 g/mol. The van der Waals surface area contributed by atoms with Crippen LogP contribution in [0, 0.1) is 13.8 Å². The van der Waals surface area contributed by atoms with Crippen LogP contribution < -0.4 is 14.8 Å². The van der Waals surface area contributed by atoms with E-state index < -0.39 is 10.0 Å². The fraction of sp³-hybridized carbons (Fsp3) is 0.136. The van der Waals surface area contributed by atoms with Gasteiger partial charge in [0.05, 0.1) is 12.0 Å². The molecule has 0 spiro atoms. The molecule has 7 heteroatoms. The molecule has 150 valence electrons. The molecule has 0 bridgehead atoms. The van der Waals surface area contributed by atoms with Crippen LogP contribution in [-0.4, -0.2) is 21.4 Å². The summed E-state index contributed by atoms with van der Waals surface area (Å²) in [6.07, 6.45) is 0. The Morgan fingerprint density at radius 2 is 1.41 bits per heavy atom. The molecule has 1 amide bonds. The van der Waals surface area contributed by atoms with Crippen molar-refractivity contribution in [3.63, 3.8) is 0 Å². The number of hydrogen-bond donors (Lipinski definition) is 2. The van der Waals surface area contributed by atoms with Gasteiger partial charge in [-0.1, -0.05) is 6.07 Å². The number of carbonyl (C=O) groups is 1. The Kier molecular flexibility index (Phi) is 5.89. The lowest BCUT2D eigenvalue weighted by Gasteiger charge is -2.11. The summed E-state index contributed by atoms with van der Waals surface area (Å²) in [6.45, 7) is 3.82. The van der Waals surface area contributed by atoms with Gasteiger partial charge in [-0.25, -0.2) is 8.42 Å². The molecule has 0 saturated carbocycles. The topological polar surface area (TPSA) is 84.5 Å². The Bertz CT molecular complexity index is 1100. The molecule has 0 aliphatic carbocycles. The van der Waals surface area contributed by atoms with Crippen molar-refractivity contribution in [3.8, 4) is 5.75 Å². The van der Waals surface area contributed by atoms with Gasteiger partial charge in [0.15, 0.2) is 0 Å². The first-order chi connectivity index (χ1) is 13.8. The lowest BCUT2D eigenvalue weighted by Crippen LogP contribution is -2.14. The van der Waals surface area contributed by atoms with E-state index in [1.165, 1.54) is 12.1 Å². The summed E-state index contributed by atoms with van der Waals surface area (Å²) in [4.78, 5) is 12.4. The average Bonchev–Trinajstić information content (AvgIpc) is 2.67. The largest absolute Gasteiger partial charge is 0.497 e. The fourth-order valence-electron chi connectivity index (χ4n) is 2.91. The smallest absolute Gasteiger partial charge is 0.261 e. The van der Waals surface area contributed by atoms with Crippen molar-refractivity contribution in [2.45, 2.75) is 18.7 Å². The van der Waals surface area contributed by atoms with Gasteiger partial charge in [-0.05, 0) is 85.6 Å². The van der Waals surface area contributed by atoms with Gasteiger partial charge in [0, 0.05) is 16.9 Å². The van der Waals surface area contributed by atoms with Crippen LogP contribution in [0.5, 0.6) is 5.75 Å². The van der Waals surface area contributed by atoms with Crippen molar-refractivity contribution >= 4 is 27.3 Å². The third-order valence-electron chi connectivity index (χ3n) is 4.25. The second kappa shape index (κ2) is 8.36. The normalized spacial score (nSPS) is 11.0. The molecule has 0 aromatic heterocycles. The van der Waals surface area contributed by atoms with Gasteiger partial charge in [-0.2, -0.15) is 0 Å². The van der Waals surface area contributed by atoms with Gasteiger partial charge >= 0.3 is 0 Å². The van der Waals surface area contributed by atoms with E-state index in [9.17, 15) is 13.2 Å². The van der Waals surface area contributed by atoms with Crippen LogP contribution in [0.3, 0.4) is 0 Å². The Labute approximate surface area is 170 Å². The summed E-state index contributed by atoms with van der Waals surface area (Å²) in [5.74, 6) is 0.365. The summed E-state index contributed by atoms with van der Waals surface area (Å²) < 4.78 is 32.9. The molecule has 29 heavy (non-hydrogen) atoms. The fourth-order valence-corrected chi connectivity index (χ4v) is 3.95. The van der Waals surface area contributed by atoms with E-state index >= 15 is 0 Å². The molecular weight excluding hydrogens is 388 g/mol. The zero-order valence-corrected chi connectivity index (χ0v) is 17.2. The molecule has 0 fully saturated rings. The Balaban J connectivity index is 1.72. The molecule has 0 heterocycles. The van der Waals surface area contributed by atoms with Gasteiger partial charge in [-0.3, -0.25) is 9.52 Å². The van der Waals surface area contributed by atoms with Gasteiger partial charge in [0.1, 0.15) is 5.75 Å². The van der Waals surface area contributed by atoms with E-state index in [0.29, 0.717) is 22.7 Å². The number of rotatable bonds is 6. The van der Waals surface area contributed by atoms with E-state index in [1.54, 1.807) is 55.6 Å². The van der Waals surface area contributed by atoms with Crippen LogP contribution >= 0.6 is 0 Å². The number of aryl methyl sites for hydroxylation is 2. The first-order valence-corrected chi connectivity index (χ1v) is 10.4. The molecule has 0 atom stereocenters. The lowest BCUT2D eigenvalue weighted by molar-refractivity contribution is 0.102. The predicted molar refractivity (Wildman–Crippen MR) is 114 cm³/mol. The monoisotopic (exact) mass is 410 g/mol. The third-order valence-corrected chi connectivity index (χ3v) is 5.65. The van der Waals surface area contributed by atoms with Crippen molar-refractivity contribution < 1.29 is 17.9 Å². The summed E-state index contributed by atoms with van der Waals surface area (Å²) >= 11 is 0. The molecule has 0 radical (unpaired) electrons. The number of anilines is 2. The maximum Gasteiger partial charge on any atom is 0.261 e.